The van der Waals surface area contributed by atoms with E-state index in [1.807, 2.05) is 17.9 Å². The molecule has 7 nitrogen and oxygen atoms in total. The number of ether oxygens (including phenoxy) is 1. The van der Waals surface area contributed by atoms with Crippen molar-refractivity contribution in [3.8, 4) is 0 Å². The fourth-order valence-corrected chi connectivity index (χ4v) is 3.10. The van der Waals surface area contributed by atoms with Crippen LogP contribution in [-0.4, -0.2) is 65.8 Å². The summed E-state index contributed by atoms with van der Waals surface area (Å²) in [6.07, 6.45) is 1.23. The molecule has 9 heteroatoms. The topological polar surface area (TPSA) is 84.8 Å². The highest BCUT2D eigenvalue weighted by Gasteiger charge is 2.39. The third-order valence-corrected chi connectivity index (χ3v) is 4.53. The Morgan fingerprint density at radius 2 is 1.88 bits per heavy atom. The highest BCUT2D eigenvalue weighted by molar-refractivity contribution is 5.86. The van der Waals surface area contributed by atoms with Crippen LogP contribution in [0.3, 0.4) is 0 Å². The molecule has 0 spiro atoms. The molecule has 1 aromatic heterocycles. The summed E-state index contributed by atoms with van der Waals surface area (Å²) in [5, 5.41) is 4.02. The molecular formula is C15H26Cl2N4O3. The summed E-state index contributed by atoms with van der Waals surface area (Å²) in [6, 6.07) is 1.95. The van der Waals surface area contributed by atoms with E-state index in [4.69, 9.17) is 15.0 Å². The summed E-state index contributed by atoms with van der Waals surface area (Å²) in [7, 11) is 0. The molecule has 0 bridgehead atoms. The summed E-state index contributed by atoms with van der Waals surface area (Å²) in [5.41, 5.74) is 6.50. The molecule has 3 rings (SSSR count). The molecule has 0 aliphatic carbocycles. The molecule has 2 aliphatic heterocycles. The molecule has 2 fully saturated rings. The maximum atomic E-state index is 12.6. The molecule has 0 unspecified atom stereocenters. The molecule has 24 heavy (non-hydrogen) atoms. The number of amides is 1. The molecule has 0 radical (unpaired) electrons. The van der Waals surface area contributed by atoms with Crippen molar-refractivity contribution in [3.05, 3.63) is 17.5 Å². The van der Waals surface area contributed by atoms with E-state index in [0.717, 1.165) is 44.2 Å². The van der Waals surface area contributed by atoms with Gasteiger partial charge in [0, 0.05) is 52.0 Å². The van der Waals surface area contributed by atoms with Crippen LogP contribution in [0.5, 0.6) is 0 Å². The molecule has 1 aromatic rings. The number of carbonyl (C=O) groups excluding carboxylic acids is 1. The van der Waals surface area contributed by atoms with Crippen LogP contribution in [0.1, 0.15) is 24.3 Å². The minimum Gasteiger partial charge on any atom is -0.381 e. The van der Waals surface area contributed by atoms with Crippen molar-refractivity contribution >= 4 is 30.7 Å². The van der Waals surface area contributed by atoms with E-state index < -0.39 is 5.54 Å². The quantitative estimate of drug-likeness (QED) is 0.840. The third kappa shape index (κ3) is 4.83. The van der Waals surface area contributed by atoms with Gasteiger partial charge in [0.05, 0.1) is 11.2 Å². The predicted octanol–water partition coefficient (Wildman–Crippen LogP) is 0.979. The lowest BCUT2D eigenvalue weighted by Crippen LogP contribution is -2.61. The van der Waals surface area contributed by atoms with Crippen molar-refractivity contribution in [1.82, 2.24) is 15.0 Å². The Balaban J connectivity index is 0.00000144. The standard InChI is InChI=1S/C15H24N4O3.2ClH/c1-12-10-13(17-22-12)11-18-4-6-19(7-5-18)14(20)15(16)2-8-21-9-3-15;;/h10H,2-9,11,16H2,1H3;2*1H. The molecule has 2 N–H and O–H groups in total. The number of carbonyl (C=O) groups is 1. The Labute approximate surface area is 154 Å². The summed E-state index contributed by atoms with van der Waals surface area (Å²) >= 11 is 0. The Kier molecular flexibility index (Phi) is 7.95. The number of nitrogens with zero attached hydrogens (tertiary/aromatic N) is 3. The molecular weight excluding hydrogens is 355 g/mol. The van der Waals surface area contributed by atoms with Crippen molar-refractivity contribution in [2.24, 2.45) is 5.73 Å². The SMILES string of the molecule is Cc1cc(CN2CCN(C(=O)C3(N)CCOCC3)CC2)no1.Cl.Cl. The lowest BCUT2D eigenvalue weighted by Gasteiger charge is -2.40. The van der Waals surface area contributed by atoms with Crippen LogP contribution < -0.4 is 5.73 Å². The number of halogens is 2. The number of hydrogen-bond acceptors (Lipinski definition) is 6. The van der Waals surface area contributed by atoms with Gasteiger partial charge >= 0.3 is 0 Å². The Morgan fingerprint density at radius 1 is 1.25 bits per heavy atom. The van der Waals surface area contributed by atoms with Gasteiger partial charge in [0.15, 0.2) is 0 Å². The van der Waals surface area contributed by atoms with Crippen molar-refractivity contribution in [2.75, 3.05) is 39.4 Å². The van der Waals surface area contributed by atoms with E-state index in [9.17, 15) is 4.79 Å². The lowest BCUT2D eigenvalue weighted by molar-refractivity contribution is -0.142. The first-order valence-corrected chi connectivity index (χ1v) is 7.87. The highest BCUT2D eigenvalue weighted by atomic mass is 35.5. The molecule has 0 saturated carbocycles. The van der Waals surface area contributed by atoms with Gasteiger partial charge in [-0.05, 0) is 19.8 Å². The summed E-state index contributed by atoms with van der Waals surface area (Å²) < 4.78 is 10.4. The number of hydrogen-bond donors (Lipinski definition) is 1. The van der Waals surface area contributed by atoms with Gasteiger partial charge in [-0.15, -0.1) is 24.8 Å². The van der Waals surface area contributed by atoms with Crippen LogP contribution in [0.4, 0.5) is 0 Å². The van der Waals surface area contributed by atoms with E-state index in [1.165, 1.54) is 0 Å². The van der Waals surface area contributed by atoms with Crippen LogP contribution >= 0.6 is 24.8 Å². The zero-order valence-corrected chi connectivity index (χ0v) is 15.5. The van der Waals surface area contributed by atoms with Gasteiger partial charge in [0.2, 0.25) is 5.91 Å². The van der Waals surface area contributed by atoms with E-state index in [-0.39, 0.29) is 30.7 Å². The highest BCUT2D eigenvalue weighted by Crippen LogP contribution is 2.21. The minimum absolute atomic E-state index is 0. The first-order chi connectivity index (χ1) is 10.6. The van der Waals surface area contributed by atoms with Crippen molar-refractivity contribution < 1.29 is 14.1 Å². The Morgan fingerprint density at radius 3 is 2.42 bits per heavy atom. The normalized spacial score (nSPS) is 20.8. The van der Waals surface area contributed by atoms with E-state index in [2.05, 4.69) is 10.1 Å². The van der Waals surface area contributed by atoms with Crippen molar-refractivity contribution in [1.29, 1.82) is 0 Å². The van der Waals surface area contributed by atoms with Crippen LogP contribution in [0, 0.1) is 6.92 Å². The largest absolute Gasteiger partial charge is 0.381 e. The van der Waals surface area contributed by atoms with Gasteiger partial charge in [0.25, 0.3) is 0 Å². The number of aromatic nitrogens is 1. The zero-order valence-electron chi connectivity index (χ0n) is 13.9. The van der Waals surface area contributed by atoms with Crippen molar-refractivity contribution in [2.45, 2.75) is 31.8 Å². The number of rotatable bonds is 3. The van der Waals surface area contributed by atoms with Crippen molar-refractivity contribution in [3.63, 3.8) is 0 Å². The summed E-state index contributed by atoms with van der Waals surface area (Å²) in [6.45, 7) is 6.92. The number of nitrogens with two attached hydrogens (primary N) is 1. The maximum Gasteiger partial charge on any atom is 0.242 e. The molecule has 2 saturated heterocycles. The second-order valence-corrected chi connectivity index (χ2v) is 6.27. The van der Waals surface area contributed by atoms with E-state index in [1.54, 1.807) is 0 Å². The predicted molar refractivity (Wildman–Crippen MR) is 94.6 cm³/mol. The van der Waals surface area contributed by atoms with E-state index >= 15 is 0 Å². The fraction of sp³-hybridized carbons (Fsp3) is 0.733. The maximum absolute atomic E-state index is 12.6. The average Bonchev–Trinajstić information content (AvgIpc) is 2.93. The molecule has 0 atom stereocenters. The lowest BCUT2D eigenvalue weighted by atomic mass is 9.89. The summed E-state index contributed by atoms with van der Waals surface area (Å²) in [4.78, 5) is 16.8. The van der Waals surface area contributed by atoms with Gasteiger partial charge in [-0.3, -0.25) is 9.69 Å². The average molecular weight is 381 g/mol. The number of aryl methyl sites for hydroxylation is 1. The Bertz CT molecular complexity index is 527. The van der Waals surface area contributed by atoms with Gasteiger partial charge in [0.1, 0.15) is 5.76 Å². The molecule has 3 heterocycles. The molecule has 1 amide bonds. The second-order valence-electron chi connectivity index (χ2n) is 6.27. The fourth-order valence-electron chi connectivity index (χ4n) is 3.10. The van der Waals surface area contributed by atoms with E-state index in [0.29, 0.717) is 26.1 Å². The molecule has 138 valence electrons. The summed E-state index contributed by atoms with van der Waals surface area (Å²) in [5.74, 6) is 0.904. The second kappa shape index (κ2) is 9.01. The first-order valence-electron chi connectivity index (χ1n) is 7.87. The molecule has 0 aromatic carbocycles. The van der Waals surface area contributed by atoms with Gasteiger partial charge < -0.3 is 19.9 Å². The third-order valence-electron chi connectivity index (χ3n) is 4.53. The van der Waals surface area contributed by atoms with Crippen LogP contribution in [0.2, 0.25) is 0 Å². The minimum atomic E-state index is -0.732. The van der Waals surface area contributed by atoms with Gasteiger partial charge in [-0.2, -0.15) is 0 Å². The van der Waals surface area contributed by atoms with Gasteiger partial charge in [-0.25, -0.2) is 0 Å². The Hall–Kier alpha value is -0.860. The van der Waals surface area contributed by atoms with Crippen LogP contribution in [-0.2, 0) is 16.1 Å². The number of piperazine rings is 1. The smallest absolute Gasteiger partial charge is 0.242 e. The monoisotopic (exact) mass is 380 g/mol. The molecule has 2 aliphatic rings. The van der Waals surface area contributed by atoms with Crippen LogP contribution in [0.25, 0.3) is 0 Å². The zero-order chi connectivity index (χ0) is 15.6. The first kappa shape index (κ1) is 21.2. The van der Waals surface area contributed by atoms with Crippen LogP contribution in [0.15, 0.2) is 10.6 Å². The van der Waals surface area contributed by atoms with Gasteiger partial charge in [-0.1, -0.05) is 5.16 Å².